The van der Waals surface area contributed by atoms with E-state index in [4.69, 9.17) is 22.5 Å². The maximum atomic E-state index is 8.69. The molecule has 0 unspecified atom stereocenters. The van der Waals surface area contributed by atoms with E-state index in [2.05, 4.69) is 26.2 Å². The molecule has 2 rings (SSSR count). The van der Waals surface area contributed by atoms with Gasteiger partial charge in [-0.3, -0.25) is 0 Å². The van der Waals surface area contributed by atoms with Gasteiger partial charge in [0, 0.05) is 10.0 Å². The van der Waals surface area contributed by atoms with Gasteiger partial charge in [0.15, 0.2) is 5.84 Å². The van der Waals surface area contributed by atoms with Crippen molar-refractivity contribution in [3.05, 3.63) is 44.6 Å². The molecular weight excluding hydrogens is 332 g/mol. The average Bonchev–Trinajstić information content (AvgIpc) is 2.65. The highest BCUT2D eigenvalue weighted by molar-refractivity contribution is 9.10. The number of oxime groups is 1. The smallest absolute Gasteiger partial charge is 0.171 e. The van der Waals surface area contributed by atoms with Crippen LogP contribution in [0.2, 0.25) is 5.02 Å². The summed E-state index contributed by atoms with van der Waals surface area (Å²) >= 11 is 9.51. The third kappa shape index (κ3) is 2.46. The lowest BCUT2D eigenvalue weighted by atomic mass is 10.2. The average molecular weight is 344 g/mol. The summed E-state index contributed by atoms with van der Waals surface area (Å²) in [6.07, 6.45) is 0. The number of rotatable bonds is 2. The second-order valence-corrected chi connectivity index (χ2v) is 5.28. The van der Waals surface area contributed by atoms with Gasteiger partial charge in [0.25, 0.3) is 0 Å². The van der Waals surface area contributed by atoms with E-state index in [-0.39, 0.29) is 5.84 Å². The van der Waals surface area contributed by atoms with Crippen molar-refractivity contribution >= 4 is 33.4 Å². The van der Waals surface area contributed by atoms with Crippen LogP contribution < -0.4 is 5.73 Å². The first-order valence-corrected chi connectivity index (χ1v) is 6.62. The number of halogens is 2. The Hall–Kier alpha value is -1.53. The number of aromatic nitrogens is 2. The van der Waals surface area contributed by atoms with Crippen molar-refractivity contribution in [3.8, 4) is 5.69 Å². The zero-order valence-electron chi connectivity index (χ0n) is 10.4. The van der Waals surface area contributed by atoms with E-state index in [1.807, 2.05) is 26.0 Å². The molecule has 0 amide bonds. The molecule has 0 saturated heterocycles. The molecule has 0 bridgehead atoms. The van der Waals surface area contributed by atoms with Crippen molar-refractivity contribution in [1.82, 2.24) is 9.78 Å². The molecule has 3 N–H and O–H groups in total. The van der Waals surface area contributed by atoms with Gasteiger partial charge in [-0.25, -0.2) is 4.68 Å². The summed E-state index contributed by atoms with van der Waals surface area (Å²) < 4.78 is 2.46. The predicted octanol–water partition coefficient (Wildman–Crippen LogP) is 3.00. The number of aryl methyl sites for hydroxylation is 1. The lowest BCUT2D eigenvalue weighted by Crippen LogP contribution is -2.14. The summed E-state index contributed by atoms with van der Waals surface area (Å²) in [6, 6.07) is 5.41. The topological polar surface area (TPSA) is 76.4 Å². The van der Waals surface area contributed by atoms with Crippen molar-refractivity contribution in [3.63, 3.8) is 0 Å². The summed E-state index contributed by atoms with van der Waals surface area (Å²) in [6.45, 7) is 3.75. The van der Waals surface area contributed by atoms with Crippen LogP contribution in [0.3, 0.4) is 0 Å². The number of hydrogen-bond acceptors (Lipinski definition) is 3. The molecule has 0 atom stereocenters. The van der Waals surface area contributed by atoms with Crippen LogP contribution in [0.5, 0.6) is 0 Å². The van der Waals surface area contributed by atoms with E-state index in [0.717, 1.165) is 17.1 Å². The Bertz CT molecular complexity index is 666. The highest BCUT2D eigenvalue weighted by atomic mass is 79.9. The van der Waals surface area contributed by atoms with Crippen molar-refractivity contribution in [2.75, 3.05) is 0 Å². The van der Waals surface area contributed by atoms with Gasteiger partial charge in [-0.1, -0.05) is 16.8 Å². The molecule has 0 radical (unpaired) electrons. The lowest BCUT2D eigenvalue weighted by Gasteiger charge is -2.08. The summed E-state index contributed by atoms with van der Waals surface area (Å²) in [5, 5.41) is 16.7. The van der Waals surface area contributed by atoms with Crippen LogP contribution in [0.4, 0.5) is 0 Å². The van der Waals surface area contributed by atoms with E-state index in [1.165, 1.54) is 0 Å². The number of benzene rings is 1. The second-order valence-electron chi connectivity index (χ2n) is 4.05. The Kier molecular flexibility index (Phi) is 3.82. The summed E-state index contributed by atoms with van der Waals surface area (Å²) in [5.41, 5.74) is 8.66. The Morgan fingerprint density at radius 3 is 2.63 bits per heavy atom. The molecule has 1 aromatic carbocycles. The van der Waals surface area contributed by atoms with Crippen LogP contribution in [-0.4, -0.2) is 20.8 Å². The lowest BCUT2D eigenvalue weighted by molar-refractivity contribution is 0.318. The standard InChI is InChI=1S/C12H12BrClN4O/c1-6-11(14)7(2)18(16-6)8-3-4-9(10(13)5-8)12(15)17-19/h3-5,19H,1-2H3,(H2,15,17). The molecule has 0 saturated carbocycles. The Morgan fingerprint density at radius 2 is 2.16 bits per heavy atom. The first-order chi connectivity index (χ1) is 8.95. The molecule has 5 nitrogen and oxygen atoms in total. The van der Waals surface area contributed by atoms with Crippen molar-refractivity contribution < 1.29 is 5.21 Å². The fourth-order valence-electron chi connectivity index (χ4n) is 1.77. The third-order valence-electron chi connectivity index (χ3n) is 2.78. The molecule has 0 fully saturated rings. The molecule has 0 aliphatic carbocycles. The molecule has 1 aromatic heterocycles. The van der Waals surface area contributed by atoms with Crippen molar-refractivity contribution in [2.24, 2.45) is 10.9 Å². The van der Waals surface area contributed by atoms with E-state index in [0.29, 0.717) is 15.1 Å². The molecule has 19 heavy (non-hydrogen) atoms. The van der Waals surface area contributed by atoms with Crippen LogP contribution in [0.1, 0.15) is 17.0 Å². The van der Waals surface area contributed by atoms with Crippen molar-refractivity contribution in [1.29, 1.82) is 0 Å². The van der Waals surface area contributed by atoms with Crippen LogP contribution in [0.25, 0.3) is 5.69 Å². The molecule has 1 heterocycles. The van der Waals surface area contributed by atoms with Gasteiger partial charge in [0.05, 0.1) is 22.1 Å². The SMILES string of the molecule is Cc1nn(-c2ccc(/C(N)=N/O)c(Br)c2)c(C)c1Cl. The number of nitrogens with two attached hydrogens (primary N) is 1. The molecule has 0 spiro atoms. The van der Waals surface area contributed by atoms with Crippen LogP contribution in [0.15, 0.2) is 27.8 Å². The van der Waals surface area contributed by atoms with Gasteiger partial charge < -0.3 is 10.9 Å². The molecule has 0 aliphatic heterocycles. The van der Waals surface area contributed by atoms with E-state index < -0.39 is 0 Å². The van der Waals surface area contributed by atoms with Gasteiger partial charge >= 0.3 is 0 Å². The van der Waals surface area contributed by atoms with Gasteiger partial charge in [0.2, 0.25) is 0 Å². The Balaban J connectivity index is 2.53. The number of nitrogens with zero attached hydrogens (tertiary/aromatic N) is 3. The monoisotopic (exact) mass is 342 g/mol. The third-order valence-corrected chi connectivity index (χ3v) is 3.99. The predicted molar refractivity (Wildman–Crippen MR) is 78.3 cm³/mol. The minimum absolute atomic E-state index is 0.0461. The highest BCUT2D eigenvalue weighted by Crippen LogP contribution is 2.25. The maximum absolute atomic E-state index is 8.69. The van der Waals surface area contributed by atoms with E-state index in [1.54, 1.807) is 10.7 Å². The second kappa shape index (κ2) is 5.22. The molecule has 2 aromatic rings. The van der Waals surface area contributed by atoms with Crippen molar-refractivity contribution in [2.45, 2.75) is 13.8 Å². The zero-order valence-corrected chi connectivity index (χ0v) is 12.7. The minimum Gasteiger partial charge on any atom is -0.409 e. The van der Waals surface area contributed by atoms with Gasteiger partial charge in [0.1, 0.15) is 0 Å². The fourth-order valence-corrected chi connectivity index (χ4v) is 2.46. The van der Waals surface area contributed by atoms with Crippen LogP contribution in [-0.2, 0) is 0 Å². The zero-order chi connectivity index (χ0) is 14.2. The Morgan fingerprint density at radius 1 is 1.47 bits per heavy atom. The molecule has 0 aliphatic rings. The fraction of sp³-hybridized carbons (Fsp3) is 0.167. The maximum Gasteiger partial charge on any atom is 0.171 e. The summed E-state index contributed by atoms with van der Waals surface area (Å²) in [7, 11) is 0. The largest absolute Gasteiger partial charge is 0.409 e. The first-order valence-electron chi connectivity index (χ1n) is 5.45. The number of amidine groups is 1. The first kappa shape index (κ1) is 13.9. The van der Waals surface area contributed by atoms with Gasteiger partial charge in [-0.05, 0) is 48.0 Å². The molecular formula is C12H12BrClN4O. The van der Waals surface area contributed by atoms with Crippen LogP contribution in [0, 0.1) is 13.8 Å². The highest BCUT2D eigenvalue weighted by Gasteiger charge is 2.12. The van der Waals surface area contributed by atoms with Gasteiger partial charge in [-0.15, -0.1) is 0 Å². The van der Waals surface area contributed by atoms with E-state index in [9.17, 15) is 0 Å². The number of hydrogen-bond donors (Lipinski definition) is 2. The molecule has 7 heteroatoms. The van der Waals surface area contributed by atoms with Gasteiger partial charge in [-0.2, -0.15) is 5.10 Å². The minimum atomic E-state index is 0.0461. The van der Waals surface area contributed by atoms with Crippen LogP contribution >= 0.6 is 27.5 Å². The molecule has 100 valence electrons. The normalized spacial score (nSPS) is 11.9. The van der Waals surface area contributed by atoms with E-state index >= 15 is 0 Å². The quantitative estimate of drug-likeness (QED) is 0.381. The summed E-state index contributed by atoms with van der Waals surface area (Å²) in [4.78, 5) is 0. The Labute approximate surface area is 123 Å². The summed E-state index contributed by atoms with van der Waals surface area (Å²) in [5.74, 6) is 0.0461.